The summed E-state index contributed by atoms with van der Waals surface area (Å²) in [7, 11) is -3.29. The van der Waals surface area contributed by atoms with Gasteiger partial charge >= 0.3 is 0 Å². The van der Waals surface area contributed by atoms with Crippen LogP contribution in [0.5, 0.6) is 0 Å². The summed E-state index contributed by atoms with van der Waals surface area (Å²) in [4.78, 5) is 2.45. The molecule has 0 aliphatic carbocycles. The van der Waals surface area contributed by atoms with Crippen molar-refractivity contribution in [3.63, 3.8) is 0 Å². The van der Waals surface area contributed by atoms with Gasteiger partial charge < -0.3 is 4.90 Å². The van der Waals surface area contributed by atoms with E-state index in [0.29, 0.717) is 22.7 Å². The molecule has 19 heavy (non-hydrogen) atoms. The SMILES string of the molecule is CC(C)N1CCC(CNS(=O)(=O)c2cccs2)CC1. The van der Waals surface area contributed by atoms with Gasteiger partial charge in [0.2, 0.25) is 10.0 Å². The maximum absolute atomic E-state index is 12.0. The molecule has 1 aromatic rings. The van der Waals surface area contributed by atoms with E-state index in [0.717, 1.165) is 25.9 Å². The smallest absolute Gasteiger partial charge is 0.250 e. The summed E-state index contributed by atoms with van der Waals surface area (Å²) in [6.45, 7) is 7.12. The van der Waals surface area contributed by atoms with Crippen LogP contribution in [-0.2, 0) is 10.0 Å². The second-order valence-electron chi connectivity index (χ2n) is 5.36. The van der Waals surface area contributed by atoms with Crippen LogP contribution in [0.3, 0.4) is 0 Å². The molecule has 0 bridgehead atoms. The average molecular weight is 302 g/mol. The molecule has 1 N–H and O–H groups in total. The Hall–Kier alpha value is -0.430. The van der Waals surface area contributed by atoms with Gasteiger partial charge in [-0.2, -0.15) is 0 Å². The maximum atomic E-state index is 12.0. The van der Waals surface area contributed by atoms with Crippen molar-refractivity contribution in [2.24, 2.45) is 5.92 Å². The molecule has 1 aromatic heterocycles. The highest BCUT2D eigenvalue weighted by atomic mass is 32.2. The van der Waals surface area contributed by atoms with E-state index in [9.17, 15) is 8.42 Å². The third-order valence-corrected chi connectivity index (χ3v) is 6.52. The Bertz CT molecular complexity index is 475. The fourth-order valence-corrected chi connectivity index (χ4v) is 4.54. The first-order valence-corrected chi connectivity index (χ1v) is 9.12. The van der Waals surface area contributed by atoms with Crippen LogP contribution in [0.4, 0.5) is 0 Å². The number of piperidine rings is 1. The lowest BCUT2D eigenvalue weighted by atomic mass is 9.96. The van der Waals surface area contributed by atoms with E-state index in [1.54, 1.807) is 17.5 Å². The van der Waals surface area contributed by atoms with Crippen molar-refractivity contribution in [3.8, 4) is 0 Å². The molecule has 0 saturated carbocycles. The summed E-state index contributed by atoms with van der Waals surface area (Å²) in [6.07, 6.45) is 2.15. The van der Waals surface area contributed by atoms with Crippen LogP contribution >= 0.6 is 11.3 Å². The minimum absolute atomic E-state index is 0.409. The summed E-state index contributed by atoms with van der Waals surface area (Å²) >= 11 is 1.26. The summed E-state index contributed by atoms with van der Waals surface area (Å²) < 4.78 is 27.1. The van der Waals surface area contributed by atoms with Gasteiger partial charge in [-0.3, -0.25) is 0 Å². The Kier molecular flexibility index (Phi) is 5.00. The normalized spacial score (nSPS) is 19.1. The maximum Gasteiger partial charge on any atom is 0.250 e. The number of rotatable bonds is 5. The van der Waals surface area contributed by atoms with Gasteiger partial charge in [0, 0.05) is 12.6 Å². The zero-order valence-corrected chi connectivity index (χ0v) is 13.1. The van der Waals surface area contributed by atoms with Gasteiger partial charge in [-0.15, -0.1) is 11.3 Å². The molecular weight excluding hydrogens is 280 g/mol. The fraction of sp³-hybridized carbons (Fsp3) is 0.692. The zero-order chi connectivity index (χ0) is 13.9. The van der Waals surface area contributed by atoms with Crippen LogP contribution in [0.2, 0.25) is 0 Å². The lowest BCUT2D eigenvalue weighted by Crippen LogP contribution is -2.41. The minimum atomic E-state index is -3.29. The molecule has 0 radical (unpaired) electrons. The third-order valence-electron chi connectivity index (χ3n) is 3.70. The van der Waals surface area contributed by atoms with Crippen LogP contribution in [-0.4, -0.2) is 39.0 Å². The molecule has 0 unspecified atom stereocenters. The Morgan fingerprint density at radius 3 is 2.63 bits per heavy atom. The molecule has 0 spiro atoms. The number of hydrogen-bond donors (Lipinski definition) is 1. The number of nitrogens with zero attached hydrogens (tertiary/aromatic N) is 1. The Labute approximate surface area is 119 Å². The fourth-order valence-electron chi connectivity index (χ4n) is 2.39. The lowest BCUT2D eigenvalue weighted by Gasteiger charge is -2.34. The first kappa shape index (κ1) is 15.0. The van der Waals surface area contributed by atoms with Crippen molar-refractivity contribution in [1.82, 2.24) is 9.62 Å². The lowest BCUT2D eigenvalue weighted by molar-refractivity contribution is 0.151. The van der Waals surface area contributed by atoms with Crippen LogP contribution in [0, 0.1) is 5.92 Å². The second-order valence-corrected chi connectivity index (χ2v) is 8.30. The molecule has 4 nitrogen and oxygen atoms in total. The molecule has 108 valence electrons. The minimum Gasteiger partial charge on any atom is -0.301 e. The van der Waals surface area contributed by atoms with Crippen molar-refractivity contribution in [3.05, 3.63) is 17.5 Å². The molecule has 0 aromatic carbocycles. The Balaban J connectivity index is 1.81. The van der Waals surface area contributed by atoms with Crippen LogP contribution in [0.25, 0.3) is 0 Å². The van der Waals surface area contributed by atoms with Gasteiger partial charge in [-0.25, -0.2) is 13.1 Å². The van der Waals surface area contributed by atoms with Gasteiger partial charge in [-0.05, 0) is 57.1 Å². The van der Waals surface area contributed by atoms with Crippen molar-refractivity contribution in [2.45, 2.75) is 36.9 Å². The molecule has 0 atom stereocenters. The summed E-state index contributed by atoms with van der Waals surface area (Å²) in [5.41, 5.74) is 0. The van der Waals surface area contributed by atoms with Gasteiger partial charge in [0.25, 0.3) is 0 Å². The van der Waals surface area contributed by atoms with Gasteiger partial charge in [-0.1, -0.05) is 6.07 Å². The van der Waals surface area contributed by atoms with E-state index < -0.39 is 10.0 Å². The standard InChI is InChI=1S/C13H22N2O2S2/c1-11(2)15-7-5-12(6-8-15)10-14-19(16,17)13-4-3-9-18-13/h3-4,9,11-12,14H,5-8,10H2,1-2H3. The summed E-state index contributed by atoms with van der Waals surface area (Å²) in [5.74, 6) is 0.463. The summed E-state index contributed by atoms with van der Waals surface area (Å²) in [5, 5.41) is 1.79. The van der Waals surface area contributed by atoms with E-state index in [4.69, 9.17) is 0 Å². The molecule has 6 heteroatoms. The van der Waals surface area contributed by atoms with Crippen molar-refractivity contribution in [1.29, 1.82) is 0 Å². The predicted molar refractivity (Wildman–Crippen MR) is 78.9 cm³/mol. The first-order chi connectivity index (χ1) is 8.99. The highest BCUT2D eigenvalue weighted by Crippen LogP contribution is 2.20. The summed E-state index contributed by atoms with van der Waals surface area (Å²) in [6, 6.07) is 4.00. The molecule has 1 fully saturated rings. The zero-order valence-electron chi connectivity index (χ0n) is 11.5. The Morgan fingerprint density at radius 1 is 1.42 bits per heavy atom. The van der Waals surface area contributed by atoms with Crippen LogP contribution in [0.15, 0.2) is 21.7 Å². The van der Waals surface area contributed by atoms with Crippen molar-refractivity contribution in [2.75, 3.05) is 19.6 Å². The monoisotopic (exact) mass is 302 g/mol. The first-order valence-electron chi connectivity index (χ1n) is 6.76. The van der Waals surface area contributed by atoms with E-state index in [2.05, 4.69) is 23.5 Å². The van der Waals surface area contributed by atoms with Crippen LogP contribution < -0.4 is 4.72 Å². The number of sulfonamides is 1. The highest BCUT2D eigenvalue weighted by Gasteiger charge is 2.23. The largest absolute Gasteiger partial charge is 0.301 e. The molecule has 2 rings (SSSR count). The number of thiophene rings is 1. The molecular formula is C13H22N2O2S2. The molecule has 1 aliphatic rings. The molecule has 2 heterocycles. The predicted octanol–water partition coefficient (Wildman–Crippen LogP) is 2.15. The average Bonchev–Trinajstić information content (AvgIpc) is 2.91. The molecule has 1 saturated heterocycles. The van der Waals surface area contributed by atoms with Gasteiger partial charge in [0.1, 0.15) is 4.21 Å². The van der Waals surface area contributed by atoms with Gasteiger partial charge in [0.05, 0.1) is 0 Å². The van der Waals surface area contributed by atoms with Crippen LogP contribution in [0.1, 0.15) is 26.7 Å². The quantitative estimate of drug-likeness (QED) is 0.906. The number of likely N-dealkylation sites (tertiary alicyclic amines) is 1. The molecule has 0 amide bonds. The van der Waals surface area contributed by atoms with E-state index >= 15 is 0 Å². The molecule has 1 aliphatic heterocycles. The van der Waals surface area contributed by atoms with E-state index in [1.165, 1.54) is 11.3 Å². The second kappa shape index (κ2) is 6.35. The number of nitrogens with one attached hydrogen (secondary N) is 1. The van der Waals surface area contributed by atoms with Crippen molar-refractivity contribution < 1.29 is 8.42 Å². The highest BCUT2D eigenvalue weighted by molar-refractivity contribution is 7.91. The van der Waals surface area contributed by atoms with Crippen molar-refractivity contribution >= 4 is 21.4 Å². The number of hydrogen-bond acceptors (Lipinski definition) is 4. The third kappa shape index (κ3) is 4.02. The van der Waals surface area contributed by atoms with E-state index in [1.807, 2.05) is 0 Å². The van der Waals surface area contributed by atoms with Gasteiger partial charge in [0.15, 0.2) is 0 Å². The topological polar surface area (TPSA) is 49.4 Å². The van der Waals surface area contributed by atoms with E-state index in [-0.39, 0.29) is 0 Å². The Morgan fingerprint density at radius 2 is 2.11 bits per heavy atom.